The molecule has 2 aromatic rings. The largest absolute Gasteiger partial charge is 0.477 e. The van der Waals surface area contributed by atoms with Gasteiger partial charge in [-0.2, -0.15) is 0 Å². The van der Waals surface area contributed by atoms with Crippen molar-refractivity contribution in [1.82, 2.24) is 9.97 Å². The topological polar surface area (TPSA) is 79.1 Å². The van der Waals surface area contributed by atoms with Gasteiger partial charge in [-0.3, -0.25) is 0 Å². The number of carbonyl (C=O) groups is 1. The van der Waals surface area contributed by atoms with E-state index in [4.69, 9.17) is 9.52 Å². The second-order valence-corrected chi connectivity index (χ2v) is 2.43. The number of carboxylic acids is 1. The fraction of sp³-hybridized carbons (Fsp3) is 0. The highest BCUT2D eigenvalue weighted by Crippen LogP contribution is 2.15. The van der Waals surface area contributed by atoms with Crippen molar-refractivity contribution in [3.05, 3.63) is 30.3 Å². The van der Waals surface area contributed by atoms with Crippen LogP contribution in [-0.4, -0.2) is 21.0 Å². The Balaban J connectivity index is 2.39. The average molecular weight is 178 g/mol. The van der Waals surface area contributed by atoms with E-state index >= 15 is 0 Å². The number of rotatable bonds is 2. The van der Waals surface area contributed by atoms with Crippen molar-refractivity contribution >= 4 is 5.97 Å². The Kier molecular flexibility index (Phi) is 1.63. The number of H-pyrrole nitrogens is 1. The molecule has 0 aromatic carbocycles. The number of oxazole rings is 1. The molecular formula is C8H6N2O3. The first-order valence-corrected chi connectivity index (χ1v) is 3.59. The molecule has 13 heavy (non-hydrogen) atoms. The Morgan fingerprint density at radius 3 is 2.92 bits per heavy atom. The summed E-state index contributed by atoms with van der Waals surface area (Å²) in [6, 6.07) is 3.07. The second-order valence-electron chi connectivity index (χ2n) is 2.43. The molecular weight excluding hydrogens is 172 g/mol. The van der Waals surface area contributed by atoms with E-state index in [2.05, 4.69) is 9.97 Å². The molecule has 0 aliphatic carbocycles. The van der Waals surface area contributed by atoms with Crippen molar-refractivity contribution in [2.75, 3.05) is 0 Å². The van der Waals surface area contributed by atoms with Gasteiger partial charge in [0.1, 0.15) is 17.7 Å². The Morgan fingerprint density at radius 2 is 2.38 bits per heavy atom. The van der Waals surface area contributed by atoms with Crippen molar-refractivity contribution in [2.24, 2.45) is 0 Å². The Bertz CT molecular complexity index is 416. The van der Waals surface area contributed by atoms with Crippen LogP contribution in [0.15, 0.2) is 29.0 Å². The van der Waals surface area contributed by atoms with E-state index in [0.717, 1.165) is 0 Å². The summed E-state index contributed by atoms with van der Waals surface area (Å²) in [6.07, 6.45) is 2.92. The van der Waals surface area contributed by atoms with Crippen LogP contribution in [0.25, 0.3) is 11.6 Å². The van der Waals surface area contributed by atoms with Crippen LogP contribution in [0, 0.1) is 0 Å². The molecule has 2 N–H and O–H groups in total. The second kappa shape index (κ2) is 2.78. The molecule has 0 atom stereocenters. The van der Waals surface area contributed by atoms with Crippen molar-refractivity contribution in [3.63, 3.8) is 0 Å². The first-order valence-electron chi connectivity index (χ1n) is 3.59. The first kappa shape index (κ1) is 7.60. The lowest BCUT2D eigenvalue weighted by Crippen LogP contribution is -1.95. The Morgan fingerprint density at radius 1 is 1.54 bits per heavy atom. The maximum atomic E-state index is 10.5. The summed E-state index contributed by atoms with van der Waals surface area (Å²) in [7, 11) is 0. The highest BCUT2D eigenvalue weighted by atomic mass is 16.4. The zero-order valence-corrected chi connectivity index (χ0v) is 6.52. The Labute approximate surface area is 73.0 Å². The third-order valence-corrected chi connectivity index (χ3v) is 1.58. The highest BCUT2D eigenvalue weighted by molar-refractivity contribution is 5.86. The molecule has 2 heterocycles. The van der Waals surface area contributed by atoms with Crippen molar-refractivity contribution in [2.45, 2.75) is 0 Å². The molecule has 66 valence electrons. The maximum absolute atomic E-state index is 10.5. The fourth-order valence-corrected chi connectivity index (χ4v) is 1.00. The minimum atomic E-state index is -1.00. The van der Waals surface area contributed by atoms with Crippen molar-refractivity contribution in [3.8, 4) is 11.6 Å². The van der Waals surface area contributed by atoms with E-state index in [9.17, 15) is 4.79 Å². The van der Waals surface area contributed by atoms with Gasteiger partial charge in [-0.15, -0.1) is 0 Å². The van der Waals surface area contributed by atoms with Crippen LogP contribution in [0.2, 0.25) is 0 Å². The van der Waals surface area contributed by atoms with Crippen LogP contribution in [0.4, 0.5) is 0 Å². The number of nitrogens with one attached hydrogen (secondary N) is 1. The lowest BCUT2D eigenvalue weighted by Gasteiger charge is -1.88. The van der Waals surface area contributed by atoms with Crippen LogP contribution in [0.3, 0.4) is 0 Å². The third kappa shape index (κ3) is 1.31. The number of aromatic carboxylic acids is 1. The highest BCUT2D eigenvalue weighted by Gasteiger charge is 2.09. The van der Waals surface area contributed by atoms with Crippen LogP contribution >= 0.6 is 0 Å². The minimum Gasteiger partial charge on any atom is -0.477 e. The van der Waals surface area contributed by atoms with E-state index < -0.39 is 5.97 Å². The summed E-state index contributed by atoms with van der Waals surface area (Å²) < 4.78 is 4.98. The molecule has 0 saturated heterocycles. The van der Waals surface area contributed by atoms with Gasteiger partial charge >= 0.3 is 5.97 Å². The van der Waals surface area contributed by atoms with Gasteiger partial charge in [-0.25, -0.2) is 9.78 Å². The molecule has 0 spiro atoms. The first-order chi connectivity index (χ1) is 6.27. The molecule has 0 amide bonds. The van der Waals surface area contributed by atoms with Crippen LogP contribution < -0.4 is 0 Å². The van der Waals surface area contributed by atoms with Gasteiger partial charge in [-0.05, 0) is 12.1 Å². The zero-order valence-electron chi connectivity index (χ0n) is 6.52. The van der Waals surface area contributed by atoms with E-state index in [-0.39, 0.29) is 5.69 Å². The maximum Gasteiger partial charge on any atom is 0.352 e. The summed E-state index contributed by atoms with van der Waals surface area (Å²) >= 11 is 0. The fourth-order valence-electron chi connectivity index (χ4n) is 1.00. The monoisotopic (exact) mass is 178 g/mol. The van der Waals surface area contributed by atoms with Crippen molar-refractivity contribution < 1.29 is 14.3 Å². The predicted octanol–water partition coefficient (Wildman–Crippen LogP) is 1.37. The standard InChI is InChI=1S/C8H6N2O3/c11-8(12)6-2-1-5(10-6)7-9-3-4-13-7/h1-4,10H,(H,11,12). The number of carboxylic acid groups (broad SMARTS) is 1. The normalized spacial score (nSPS) is 10.2. The third-order valence-electron chi connectivity index (χ3n) is 1.58. The summed E-state index contributed by atoms with van der Waals surface area (Å²) in [6.45, 7) is 0. The smallest absolute Gasteiger partial charge is 0.352 e. The molecule has 0 aliphatic rings. The number of hydrogen-bond donors (Lipinski definition) is 2. The number of aromatic amines is 1. The lowest BCUT2D eigenvalue weighted by molar-refractivity contribution is 0.0691. The van der Waals surface area contributed by atoms with E-state index in [0.29, 0.717) is 11.6 Å². The molecule has 0 bridgehead atoms. The quantitative estimate of drug-likeness (QED) is 0.727. The van der Waals surface area contributed by atoms with Crippen LogP contribution in [0.5, 0.6) is 0 Å². The summed E-state index contributed by atoms with van der Waals surface area (Å²) in [5.41, 5.74) is 0.676. The molecule has 2 aromatic heterocycles. The van der Waals surface area contributed by atoms with E-state index in [1.54, 1.807) is 6.07 Å². The van der Waals surface area contributed by atoms with E-state index in [1.165, 1.54) is 18.5 Å². The summed E-state index contributed by atoms with van der Waals surface area (Å²) in [4.78, 5) is 17.0. The van der Waals surface area contributed by atoms with Gasteiger partial charge in [-0.1, -0.05) is 0 Å². The van der Waals surface area contributed by atoms with Gasteiger partial charge in [0.25, 0.3) is 0 Å². The van der Waals surface area contributed by atoms with Gasteiger partial charge in [0, 0.05) is 0 Å². The van der Waals surface area contributed by atoms with E-state index in [1.807, 2.05) is 0 Å². The molecule has 0 radical (unpaired) electrons. The predicted molar refractivity (Wildman–Crippen MR) is 43.2 cm³/mol. The van der Waals surface area contributed by atoms with Crippen molar-refractivity contribution in [1.29, 1.82) is 0 Å². The van der Waals surface area contributed by atoms with Crippen LogP contribution in [-0.2, 0) is 0 Å². The van der Waals surface area contributed by atoms with Gasteiger partial charge < -0.3 is 14.5 Å². The lowest BCUT2D eigenvalue weighted by atomic mass is 10.4. The molecule has 0 aliphatic heterocycles. The Hall–Kier alpha value is -2.04. The zero-order chi connectivity index (χ0) is 9.26. The molecule has 0 fully saturated rings. The number of nitrogens with zero attached hydrogens (tertiary/aromatic N) is 1. The number of hydrogen-bond acceptors (Lipinski definition) is 3. The average Bonchev–Trinajstić information content (AvgIpc) is 2.75. The SMILES string of the molecule is O=C(O)c1ccc(-c2ncco2)[nH]1. The summed E-state index contributed by atoms with van der Waals surface area (Å²) in [5, 5.41) is 8.61. The van der Waals surface area contributed by atoms with Gasteiger partial charge in [0.15, 0.2) is 0 Å². The van der Waals surface area contributed by atoms with Gasteiger partial charge in [0.2, 0.25) is 5.89 Å². The van der Waals surface area contributed by atoms with Crippen LogP contribution in [0.1, 0.15) is 10.5 Å². The minimum absolute atomic E-state index is 0.119. The molecule has 2 rings (SSSR count). The number of aromatic nitrogens is 2. The molecule has 5 heteroatoms. The summed E-state index contributed by atoms with van der Waals surface area (Å²) in [5.74, 6) is -0.620. The molecule has 0 saturated carbocycles. The van der Waals surface area contributed by atoms with Gasteiger partial charge in [0.05, 0.1) is 6.20 Å². The molecule has 0 unspecified atom stereocenters. The molecule has 5 nitrogen and oxygen atoms in total.